The van der Waals surface area contributed by atoms with Crippen LogP contribution < -0.4 is 5.56 Å². The molecule has 0 unspecified atom stereocenters. The van der Waals surface area contributed by atoms with Gasteiger partial charge in [-0.2, -0.15) is 0 Å². The normalized spacial score (nSPS) is 10.9. The Hall–Kier alpha value is -3.71. The van der Waals surface area contributed by atoms with Crippen molar-refractivity contribution in [3.8, 4) is 11.1 Å². The number of rotatable bonds is 7. The Morgan fingerprint density at radius 1 is 0.941 bits per heavy atom. The molecule has 0 fully saturated rings. The van der Waals surface area contributed by atoms with Gasteiger partial charge in [-0.15, -0.1) is 0 Å². The SMILES string of the molecule is COC(=O)CCc1ccc(Cn2c(C(=O)O)c(-c3ccccc3)c3cc(Br)ccc3c2=O)cc1. The molecule has 0 saturated heterocycles. The largest absolute Gasteiger partial charge is 0.477 e. The molecule has 0 amide bonds. The highest BCUT2D eigenvalue weighted by atomic mass is 79.9. The van der Waals surface area contributed by atoms with Gasteiger partial charge in [0.1, 0.15) is 5.69 Å². The maximum Gasteiger partial charge on any atom is 0.353 e. The van der Waals surface area contributed by atoms with Crippen LogP contribution in [-0.2, 0) is 22.5 Å². The summed E-state index contributed by atoms with van der Waals surface area (Å²) in [5.74, 6) is -1.45. The van der Waals surface area contributed by atoms with Gasteiger partial charge in [0.05, 0.1) is 13.7 Å². The predicted molar refractivity (Wildman–Crippen MR) is 134 cm³/mol. The van der Waals surface area contributed by atoms with Gasteiger partial charge in [0, 0.05) is 21.8 Å². The Labute approximate surface area is 204 Å². The molecule has 1 aromatic heterocycles. The minimum absolute atomic E-state index is 0.0587. The fourth-order valence-electron chi connectivity index (χ4n) is 4.03. The Balaban J connectivity index is 1.85. The molecule has 6 nitrogen and oxygen atoms in total. The number of aromatic carboxylic acids is 1. The summed E-state index contributed by atoms with van der Waals surface area (Å²) >= 11 is 3.45. The zero-order valence-corrected chi connectivity index (χ0v) is 20.0. The number of aromatic nitrogens is 1. The van der Waals surface area contributed by atoms with Crippen molar-refractivity contribution in [2.75, 3.05) is 7.11 Å². The minimum atomic E-state index is -1.17. The molecule has 0 saturated carbocycles. The number of esters is 1. The number of carboxylic acids is 1. The first-order valence-electron chi connectivity index (χ1n) is 10.7. The molecule has 0 radical (unpaired) electrons. The molecule has 0 bridgehead atoms. The van der Waals surface area contributed by atoms with Crippen molar-refractivity contribution in [1.29, 1.82) is 0 Å². The first kappa shape index (κ1) is 23.4. The lowest BCUT2D eigenvalue weighted by Gasteiger charge is -2.18. The van der Waals surface area contributed by atoms with Crippen LogP contribution >= 0.6 is 15.9 Å². The molecule has 0 spiro atoms. The number of pyridine rings is 1. The summed E-state index contributed by atoms with van der Waals surface area (Å²) in [4.78, 5) is 37.4. The van der Waals surface area contributed by atoms with Crippen LogP contribution in [-0.4, -0.2) is 28.7 Å². The second-order valence-corrected chi connectivity index (χ2v) is 8.78. The predicted octanol–water partition coefficient (Wildman–Crippen LogP) is 5.28. The van der Waals surface area contributed by atoms with Gasteiger partial charge in [0.25, 0.3) is 5.56 Å². The van der Waals surface area contributed by atoms with Crippen LogP contribution in [0.2, 0.25) is 0 Å². The van der Waals surface area contributed by atoms with Crippen LogP contribution in [0.15, 0.2) is 82.1 Å². The minimum Gasteiger partial charge on any atom is -0.477 e. The number of benzene rings is 3. The van der Waals surface area contributed by atoms with Crippen molar-refractivity contribution in [2.24, 2.45) is 0 Å². The Morgan fingerprint density at radius 3 is 2.26 bits per heavy atom. The fraction of sp³-hybridized carbons (Fsp3) is 0.148. The molecule has 3 aromatic carbocycles. The van der Waals surface area contributed by atoms with Crippen molar-refractivity contribution >= 4 is 38.6 Å². The number of nitrogens with zero attached hydrogens (tertiary/aromatic N) is 1. The topological polar surface area (TPSA) is 85.6 Å². The van der Waals surface area contributed by atoms with E-state index in [0.717, 1.165) is 21.2 Å². The van der Waals surface area contributed by atoms with Crippen molar-refractivity contribution in [1.82, 2.24) is 4.57 Å². The van der Waals surface area contributed by atoms with Crippen LogP contribution in [0.1, 0.15) is 28.0 Å². The number of halogens is 1. The summed E-state index contributed by atoms with van der Waals surface area (Å²) in [5.41, 5.74) is 2.52. The molecule has 0 aliphatic heterocycles. The smallest absolute Gasteiger partial charge is 0.353 e. The number of aryl methyl sites for hydroxylation is 1. The molecule has 0 aliphatic carbocycles. The highest BCUT2D eigenvalue weighted by Crippen LogP contribution is 2.32. The monoisotopic (exact) mass is 519 g/mol. The Bertz CT molecular complexity index is 1430. The van der Waals surface area contributed by atoms with E-state index in [-0.39, 0.29) is 30.2 Å². The van der Waals surface area contributed by atoms with E-state index >= 15 is 0 Å². The fourth-order valence-corrected chi connectivity index (χ4v) is 4.39. The third-order valence-electron chi connectivity index (χ3n) is 5.71. The number of hydrogen-bond acceptors (Lipinski definition) is 4. The van der Waals surface area contributed by atoms with Crippen LogP contribution in [0, 0.1) is 0 Å². The molecule has 4 aromatic rings. The molecule has 172 valence electrons. The van der Waals surface area contributed by atoms with E-state index in [0.29, 0.717) is 22.8 Å². The summed E-state index contributed by atoms with van der Waals surface area (Å²) in [7, 11) is 1.36. The molecular formula is C27H22BrNO5. The third kappa shape index (κ3) is 4.79. The van der Waals surface area contributed by atoms with Crippen LogP contribution in [0.4, 0.5) is 0 Å². The lowest BCUT2D eigenvalue weighted by atomic mass is 9.96. The first-order valence-corrected chi connectivity index (χ1v) is 11.5. The summed E-state index contributed by atoms with van der Waals surface area (Å²) in [6.07, 6.45) is 0.815. The zero-order chi connectivity index (χ0) is 24.2. The average molecular weight is 520 g/mol. The second kappa shape index (κ2) is 10.1. The summed E-state index contributed by atoms with van der Waals surface area (Å²) in [6.45, 7) is 0.101. The van der Waals surface area contributed by atoms with E-state index in [1.807, 2.05) is 54.6 Å². The van der Waals surface area contributed by atoms with Crippen molar-refractivity contribution < 1.29 is 19.4 Å². The van der Waals surface area contributed by atoms with E-state index in [1.54, 1.807) is 18.2 Å². The van der Waals surface area contributed by atoms with E-state index in [1.165, 1.54) is 11.7 Å². The molecule has 34 heavy (non-hydrogen) atoms. The molecular weight excluding hydrogens is 498 g/mol. The summed E-state index contributed by atoms with van der Waals surface area (Å²) in [5, 5.41) is 11.2. The Kier molecular flexibility index (Phi) is 6.93. The highest BCUT2D eigenvalue weighted by Gasteiger charge is 2.23. The second-order valence-electron chi connectivity index (χ2n) is 7.87. The van der Waals surface area contributed by atoms with Crippen LogP contribution in [0.5, 0.6) is 0 Å². The van der Waals surface area contributed by atoms with Gasteiger partial charge in [-0.3, -0.25) is 14.2 Å². The molecule has 1 N–H and O–H groups in total. The van der Waals surface area contributed by atoms with E-state index in [9.17, 15) is 19.5 Å². The summed E-state index contributed by atoms with van der Waals surface area (Å²) in [6, 6.07) is 21.9. The molecule has 4 rings (SSSR count). The third-order valence-corrected chi connectivity index (χ3v) is 6.20. The van der Waals surface area contributed by atoms with E-state index in [4.69, 9.17) is 0 Å². The maximum absolute atomic E-state index is 13.5. The van der Waals surface area contributed by atoms with Gasteiger partial charge in [-0.25, -0.2) is 4.79 Å². The first-order chi connectivity index (χ1) is 16.4. The number of hydrogen-bond donors (Lipinski definition) is 1. The van der Waals surface area contributed by atoms with E-state index < -0.39 is 5.97 Å². The van der Waals surface area contributed by atoms with Gasteiger partial charge in [-0.1, -0.05) is 70.5 Å². The maximum atomic E-state index is 13.5. The highest BCUT2D eigenvalue weighted by molar-refractivity contribution is 9.10. The van der Waals surface area contributed by atoms with Crippen molar-refractivity contribution in [3.63, 3.8) is 0 Å². The van der Waals surface area contributed by atoms with Crippen molar-refractivity contribution in [3.05, 3.63) is 104 Å². The molecule has 1 heterocycles. The number of carboxylic acid groups (broad SMARTS) is 1. The molecule has 0 aliphatic rings. The van der Waals surface area contributed by atoms with Gasteiger partial charge >= 0.3 is 11.9 Å². The average Bonchev–Trinajstić information content (AvgIpc) is 2.85. The number of carbonyl (C=O) groups is 2. The molecule has 7 heteroatoms. The lowest BCUT2D eigenvalue weighted by Crippen LogP contribution is -2.28. The lowest BCUT2D eigenvalue weighted by molar-refractivity contribution is -0.140. The van der Waals surface area contributed by atoms with Gasteiger partial charge < -0.3 is 9.84 Å². The molecule has 0 atom stereocenters. The standard InChI is InChI=1S/C27H22BrNO5/c1-34-23(30)14-11-17-7-9-18(10-8-17)16-29-25(27(32)33)24(19-5-3-2-4-6-19)22-15-20(28)12-13-21(22)26(29)31/h2-10,12-13,15H,11,14,16H2,1H3,(H,32,33). The van der Waals surface area contributed by atoms with E-state index in [2.05, 4.69) is 20.7 Å². The van der Waals surface area contributed by atoms with Crippen molar-refractivity contribution in [2.45, 2.75) is 19.4 Å². The number of ether oxygens (including phenoxy) is 1. The number of fused-ring (bicyclic) bond motifs is 1. The number of methoxy groups -OCH3 is 1. The number of carbonyl (C=O) groups excluding carboxylic acids is 1. The Morgan fingerprint density at radius 2 is 1.62 bits per heavy atom. The zero-order valence-electron chi connectivity index (χ0n) is 18.5. The van der Waals surface area contributed by atoms with Crippen LogP contribution in [0.25, 0.3) is 21.9 Å². The van der Waals surface area contributed by atoms with Gasteiger partial charge in [0.15, 0.2) is 0 Å². The van der Waals surface area contributed by atoms with Crippen LogP contribution in [0.3, 0.4) is 0 Å². The van der Waals surface area contributed by atoms with Gasteiger partial charge in [0.2, 0.25) is 0 Å². The quantitative estimate of drug-likeness (QED) is 0.335. The van der Waals surface area contributed by atoms with Gasteiger partial charge in [-0.05, 0) is 46.7 Å². The summed E-state index contributed by atoms with van der Waals surface area (Å²) < 4.78 is 6.76.